The molecule has 0 saturated heterocycles. The molecule has 10 heteroatoms. The van der Waals surface area contributed by atoms with Crippen LogP contribution in [0.1, 0.15) is 19.8 Å². The van der Waals surface area contributed by atoms with Crippen LogP contribution in [-0.4, -0.2) is 27.5 Å². The van der Waals surface area contributed by atoms with Crippen LogP contribution in [0.25, 0.3) is 0 Å². The molecule has 0 aromatic heterocycles. The molecule has 2 rings (SSSR count). The van der Waals surface area contributed by atoms with Gasteiger partial charge in [-0.1, -0.05) is 13.3 Å². The van der Waals surface area contributed by atoms with Crippen LogP contribution in [0.5, 0.6) is 5.75 Å². The van der Waals surface area contributed by atoms with E-state index in [0.717, 1.165) is 12.1 Å². The van der Waals surface area contributed by atoms with Gasteiger partial charge < -0.3 is 20.3 Å². The highest BCUT2D eigenvalue weighted by Gasteiger charge is 2.27. The summed E-state index contributed by atoms with van der Waals surface area (Å²) in [6, 6.07) is 5.66. The van der Waals surface area contributed by atoms with Crippen molar-refractivity contribution in [3.8, 4) is 5.75 Å². The molecule has 2 aromatic carbocycles. The molecule has 0 saturated carbocycles. The van der Waals surface area contributed by atoms with Crippen molar-refractivity contribution in [2.45, 2.75) is 32.2 Å². The highest BCUT2D eigenvalue weighted by atomic mass is 127. The van der Waals surface area contributed by atoms with Crippen molar-refractivity contribution in [1.29, 1.82) is 0 Å². The van der Waals surface area contributed by atoms with E-state index >= 15 is 0 Å². The van der Waals surface area contributed by atoms with Gasteiger partial charge in [-0.3, -0.25) is 10.1 Å². The number of nitrogens with zero attached hydrogens (tertiary/aromatic N) is 1. The van der Waals surface area contributed by atoms with Crippen LogP contribution >= 0.6 is 22.6 Å². The van der Waals surface area contributed by atoms with Gasteiger partial charge in [-0.15, -0.1) is 0 Å². The average Bonchev–Trinajstić information content (AvgIpc) is 2.56. The number of aliphatic hydroxyl groups excluding tert-OH is 2. The maximum absolute atomic E-state index is 14.0. The molecule has 2 unspecified atom stereocenters. The number of ether oxygens (including phenoxy) is 1. The molecule has 0 radical (unpaired) electrons. The van der Waals surface area contributed by atoms with Gasteiger partial charge in [-0.05, 0) is 47.2 Å². The third-order valence-electron chi connectivity index (χ3n) is 3.58. The third kappa shape index (κ3) is 5.47. The molecule has 0 bridgehead atoms. The lowest BCUT2D eigenvalue weighted by molar-refractivity contribution is -0.385. The number of nitro benzene ring substituents is 1. The summed E-state index contributed by atoms with van der Waals surface area (Å²) in [5.74, 6) is -2.17. The number of aliphatic hydroxyl groups is 2. The fraction of sp³-hybridized carbons (Fsp3) is 0.294. The molecule has 0 heterocycles. The van der Waals surface area contributed by atoms with Crippen LogP contribution in [0.3, 0.4) is 0 Å². The zero-order chi connectivity index (χ0) is 20.1. The summed E-state index contributed by atoms with van der Waals surface area (Å²) in [5.41, 5.74) is -1.15. The van der Waals surface area contributed by atoms with Gasteiger partial charge >= 0.3 is 5.69 Å². The van der Waals surface area contributed by atoms with Crippen molar-refractivity contribution in [3.63, 3.8) is 0 Å². The molecule has 0 spiro atoms. The fourth-order valence-electron chi connectivity index (χ4n) is 2.33. The molecule has 0 aliphatic heterocycles. The molecule has 2 aromatic rings. The second kappa shape index (κ2) is 9.24. The Hall–Kier alpha value is -2.05. The number of nitro groups is 1. The number of hydrogen-bond acceptors (Lipinski definition) is 6. The molecular formula is C17H17F2IN2O5. The Labute approximate surface area is 167 Å². The smallest absolute Gasteiger partial charge is 0.334 e. The van der Waals surface area contributed by atoms with E-state index in [-0.39, 0.29) is 17.8 Å². The van der Waals surface area contributed by atoms with E-state index in [4.69, 9.17) is 4.74 Å². The van der Waals surface area contributed by atoms with Gasteiger partial charge in [0.15, 0.2) is 0 Å². The van der Waals surface area contributed by atoms with E-state index in [1.54, 1.807) is 13.0 Å². The molecule has 0 aliphatic carbocycles. The summed E-state index contributed by atoms with van der Waals surface area (Å²) in [4.78, 5) is 10.6. The number of halogens is 3. The fourth-order valence-corrected chi connectivity index (χ4v) is 2.78. The summed E-state index contributed by atoms with van der Waals surface area (Å²) in [6.45, 7) is 1.76. The lowest BCUT2D eigenvalue weighted by atomic mass is 10.2. The number of nitrogens with one attached hydrogen (secondary N) is 1. The first-order valence-electron chi connectivity index (χ1n) is 7.95. The van der Waals surface area contributed by atoms with Crippen molar-refractivity contribution < 1.29 is 28.7 Å². The van der Waals surface area contributed by atoms with E-state index in [2.05, 4.69) is 5.32 Å². The molecule has 146 valence electrons. The Morgan fingerprint density at radius 1 is 1.26 bits per heavy atom. The van der Waals surface area contributed by atoms with Crippen LogP contribution < -0.4 is 10.1 Å². The predicted molar refractivity (Wildman–Crippen MR) is 103 cm³/mol. The number of anilines is 2. The van der Waals surface area contributed by atoms with Gasteiger partial charge in [0, 0.05) is 15.7 Å². The molecule has 0 fully saturated rings. The minimum atomic E-state index is -1.78. The summed E-state index contributed by atoms with van der Waals surface area (Å²) in [7, 11) is 0. The van der Waals surface area contributed by atoms with E-state index in [0.29, 0.717) is 9.99 Å². The molecule has 2 atom stereocenters. The lowest BCUT2D eigenvalue weighted by Gasteiger charge is -2.19. The zero-order valence-corrected chi connectivity index (χ0v) is 16.3. The van der Waals surface area contributed by atoms with Crippen LogP contribution in [0, 0.1) is 25.3 Å². The van der Waals surface area contributed by atoms with Crippen molar-refractivity contribution >= 4 is 39.7 Å². The maximum Gasteiger partial charge on any atom is 0.334 e. The molecule has 27 heavy (non-hydrogen) atoms. The van der Waals surface area contributed by atoms with E-state index in [9.17, 15) is 29.1 Å². The SMILES string of the molecule is CCCC(O)C(O)Oc1cc(F)cc(Nc2ccc(I)cc2F)c1[N+](=O)[O-]. The predicted octanol–water partition coefficient (Wildman–Crippen LogP) is 4.08. The molecule has 7 nitrogen and oxygen atoms in total. The zero-order valence-electron chi connectivity index (χ0n) is 14.2. The molecule has 0 aliphatic rings. The second-order valence-electron chi connectivity index (χ2n) is 5.67. The monoisotopic (exact) mass is 494 g/mol. The van der Waals surface area contributed by atoms with E-state index in [1.165, 1.54) is 12.1 Å². The van der Waals surface area contributed by atoms with Crippen molar-refractivity contribution in [3.05, 3.63) is 55.7 Å². The number of benzene rings is 2. The standard InChI is InChI=1S/C17H17F2IN2O5/c1-2-3-14(23)17(24)27-15-7-9(18)6-13(16(15)22(25)26)21-12-5-4-10(20)8-11(12)19/h4-8,14,17,21,23-24H,2-3H2,1H3. The van der Waals surface area contributed by atoms with E-state index in [1.807, 2.05) is 22.6 Å². The van der Waals surface area contributed by atoms with E-state index < -0.39 is 40.4 Å². The Balaban J connectivity index is 2.43. The van der Waals surface area contributed by atoms with Crippen molar-refractivity contribution in [1.82, 2.24) is 0 Å². The normalized spacial score (nSPS) is 13.1. The topological polar surface area (TPSA) is 105 Å². The van der Waals surface area contributed by atoms with Crippen LogP contribution in [0.4, 0.5) is 25.8 Å². The highest BCUT2D eigenvalue weighted by Crippen LogP contribution is 2.38. The Morgan fingerprint density at radius 2 is 1.96 bits per heavy atom. The minimum absolute atomic E-state index is 0.0957. The number of rotatable bonds is 8. The van der Waals surface area contributed by atoms with Crippen molar-refractivity contribution in [2.24, 2.45) is 0 Å². The summed E-state index contributed by atoms with van der Waals surface area (Å²) in [6.07, 6.45) is -2.37. The number of hydrogen-bond donors (Lipinski definition) is 3. The lowest BCUT2D eigenvalue weighted by Crippen LogP contribution is -2.31. The molecule has 3 N–H and O–H groups in total. The first-order valence-corrected chi connectivity index (χ1v) is 9.03. The van der Waals surface area contributed by atoms with Gasteiger partial charge in [-0.2, -0.15) is 0 Å². The molecular weight excluding hydrogens is 477 g/mol. The van der Waals surface area contributed by atoms with Gasteiger partial charge in [-0.25, -0.2) is 8.78 Å². The summed E-state index contributed by atoms with van der Waals surface area (Å²) in [5, 5.41) is 33.6. The van der Waals surface area contributed by atoms with Crippen LogP contribution in [0.2, 0.25) is 0 Å². The van der Waals surface area contributed by atoms with Crippen molar-refractivity contribution in [2.75, 3.05) is 5.32 Å². The van der Waals surface area contributed by atoms with Gasteiger partial charge in [0.05, 0.1) is 10.6 Å². The summed E-state index contributed by atoms with van der Waals surface area (Å²) < 4.78 is 33.6. The van der Waals surface area contributed by atoms with Crippen LogP contribution in [-0.2, 0) is 0 Å². The average molecular weight is 494 g/mol. The van der Waals surface area contributed by atoms with Crippen LogP contribution in [0.15, 0.2) is 30.3 Å². The largest absolute Gasteiger partial charge is 0.455 e. The van der Waals surface area contributed by atoms with Gasteiger partial charge in [0.1, 0.15) is 23.4 Å². The third-order valence-corrected chi connectivity index (χ3v) is 4.26. The second-order valence-corrected chi connectivity index (χ2v) is 6.92. The highest BCUT2D eigenvalue weighted by molar-refractivity contribution is 14.1. The van der Waals surface area contributed by atoms with Gasteiger partial charge in [0.2, 0.25) is 12.0 Å². The first kappa shape index (κ1) is 21.3. The molecule has 0 amide bonds. The Morgan fingerprint density at radius 3 is 2.56 bits per heavy atom. The van der Waals surface area contributed by atoms with Gasteiger partial charge in [0.25, 0.3) is 0 Å². The summed E-state index contributed by atoms with van der Waals surface area (Å²) >= 11 is 1.90. The Bertz CT molecular complexity index is 837. The first-order chi connectivity index (χ1) is 12.7. The maximum atomic E-state index is 14.0. The quantitative estimate of drug-likeness (QED) is 0.221. The Kier molecular flexibility index (Phi) is 7.27. The minimum Gasteiger partial charge on any atom is -0.455 e.